The maximum atomic E-state index is 12.3. The normalized spacial score (nSPS) is 11.6. The number of pyridine rings is 2. The first-order valence-electron chi connectivity index (χ1n) is 8.41. The van der Waals surface area contributed by atoms with Crippen molar-refractivity contribution in [3.63, 3.8) is 0 Å². The number of carbonyl (C=O) groups excluding carboxylic acids is 1. The lowest BCUT2D eigenvalue weighted by atomic mass is 10.2. The van der Waals surface area contributed by atoms with E-state index in [0.29, 0.717) is 22.2 Å². The summed E-state index contributed by atoms with van der Waals surface area (Å²) in [6, 6.07) is 3.30. The molecule has 0 saturated carbocycles. The zero-order chi connectivity index (χ0) is 20.3. The number of nitrogens with zero attached hydrogens (tertiary/aromatic N) is 4. The first-order chi connectivity index (χ1) is 13.3. The summed E-state index contributed by atoms with van der Waals surface area (Å²) in [5, 5.41) is 4.93. The van der Waals surface area contributed by atoms with Gasteiger partial charge in [0.05, 0.1) is 35.9 Å². The Labute approximate surface area is 158 Å². The molecule has 148 valence electrons. The standard InChI is InChI=1S/C18H17F3N4O3/c1-3-27-17(26)16-13-9-25(24-14(13)4-5-22-16)8-12-6-11(2)15(7-23-12)28-10-18(19,20)21/h4-7,9H,3,8,10H2,1-2H3. The minimum Gasteiger partial charge on any atom is -0.482 e. The van der Waals surface area contributed by atoms with Crippen molar-refractivity contribution in [2.45, 2.75) is 26.6 Å². The first-order valence-corrected chi connectivity index (χ1v) is 8.41. The van der Waals surface area contributed by atoms with Gasteiger partial charge in [-0.15, -0.1) is 0 Å². The minimum absolute atomic E-state index is 0.0699. The average Bonchev–Trinajstić information content (AvgIpc) is 3.02. The van der Waals surface area contributed by atoms with E-state index in [0.717, 1.165) is 0 Å². The van der Waals surface area contributed by atoms with E-state index in [1.807, 2.05) is 0 Å². The van der Waals surface area contributed by atoms with E-state index >= 15 is 0 Å². The molecule has 3 aromatic heterocycles. The fraction of sp³-hybridized carbons (Fsp3) is 0.333. The molecule has 0 spiro atoms. The van der Waals surface area contributed by atoms with Crippen LogP contribution in [0.3, 0.4) is 0 Å². The summed E-state index contributed by atoms with van der Waals surface area (Å²) in [6.45, 7) is 2.47. The number of rotatable bonds is 6. The SMILES string of the molecule is CCOC(=O)c1nccc2nn(Cc3cc(C)c(OCC(F)(F)F)cn3)cc12. The van der Waals surface area contributed by atoms with Gasteiger partial charge in [0.25, 0.3) is 0 Å². The number of hydrogen-bond donors (Lipinski definition) is 0. The Morgan fingerprint density at radius 3 is 2.75 bits per heavy atom. The third-order valence-corrected chi connectivity index (χ3v) is 3.78. The van der Waals surface area contributed by atoms with Gasteiger partial charge in [-0.1, -0.05) is 0 Å². The maximum absolute atomic E-state index is 12.3. The van der Waals surface area contributed by atoms with Crippen LogP contribution >= 0.6 is 0 Å². The van der Waals surface area contributed by atoms with Crippen molar-refractivity contribution in [2.75, 3.05) is 13.2 Å². The molecule has 3 aromatic rings. The van der Waals surface area contributed by atoms with E-state index in [1.165, 1.54) is 12.4 Å². The Morgan fingerprint density at radius 2 is 2.07 bits per heavy atom. The number of alkyl halides is 3. The summed E-state index contributed by atoms with van der Waals surface area (Å²) >= 11 is 0. The molecule has 3 rings (SSSR count). The van der Waals surface area contributed by atoms with Crippen LogP contribution in [0.1, 0.15) is 28.7 Å². The van der Waals surface area contributed by atoms with Gasteiger partial charge >= 0.3 is 12.1 Å². The highest BCUT2D eigenvalue weighted by molar-refractivity contribution is 6.01. The van der Waals surface area contributed by atoms with Crippen LogP contribution in [0.5, 0.6) is 5.75 Å². The smallest absolute Gasteiger partial charge is 0.422 e. The van der Waals surface area contributed by atoms with Crippen molar-refractivity contribution in [3.05, 3.63) is 47.7 Å². The fourth-order valence-electron chi connectivity index (χ4n) is 2.60. The molecule has 0 fully saturated rings. The second-order valence-corrected chi connectivity index (χ2v) is 5.98. The van der Waals surface area contributed by atoms with E-state index in [1.54, 1.807) is 36.9 Å². The number of esters is 1. The zero-order valence-corrected chi connectivity index (χ0v) is 15.2. The van der Waals surface area contributed by atoms with Gasteiger partial charge < -0.3 is 9.47 Å². The number of carbonyl (C=O) groups is 1. The Kier molecular flexibility index (Phi) is 5.48. The Balaban J connectivity index is 1.80. The van der Waals surface area contributed by atoms with Crippen molar-refractivity contribution in [1.82, 2.24) is 19.7 Å². The molecule has 3 heterocycles. The molecule has 10 heteroatoms. The van der Waals surface area contributed by atoms with Gasteiger partial charge in [0.2, 0.25) is 0 Å². The van der Waals surface area contributed by atoms with E-state index in [2.05, 4.69) is 15.1 Å². The highest BCUT2D eigenvalue weighted by Gasteiger charge is 2.28. The highest BCUT2D eigenvalue weighted by Crippen LogP contribution is 2.22. The van der Waals surface area contributed by atoms with Crippen LogP contribution in [0.25, 0.3) is 10.9 Å². The molecule has 0 unspecified atom stereocenters. The van der Waals surface area contributed by atoms with Crippen LogP contribution in [-0.4, -0.2) is 45.1 Å². The molecule has 0 aromatic carbocycles. The van der Waals surface area contributed by atoms with Gasteiger partial charge in [-0.25, -0.2) is 9.78 Å². The molecular formula is C18H17F3N4O3. The minimum atomic E-state index is -4.41. The second-order valence-electron chi connectivity index (χ2n) is 5.98. The topological polar surface area (TPSA) is 79.1 Å². The van der Waals surface area contributed by atoms with E-state index in [9.17, 15) is 18.0 Å². The predicted octanol–water partition coefficient (Wildman–Crippen LogP) is 3.30. The second kappa shape index (κ2) is 7.83. The maximum Gasteiger partial charge on any atom is 0.422 e. The van der Waals surface area contributed by atoms with Gasteiger partial charge in [-0.2, -0.15) is 18.3 Å². The molecule has 0 radical (unpaired) electrons. The lowest BCUT2D eigenvalue weighted by Crippen LogP contribution is -2.19. The predicted molar refractivity (Wildman–Crippen MR) is 93.1 cm³/mol. The number of halogens is 3. The van der Waals surface area contributed by atoms with E-state index in [4.69, 9.17) is 9.47 Å². The first kappa shape index (κ1) is 19.6. The molecule has 0 amide bonds. The zero-order valence-electron chi connectivity index (χ0n) is 15.2. The Hall–Kier alpha value is -3.17. The van der Waals surface area contributed by atoms with Gasteiger partial charge in [-0.05, 0) is 31.5 Å². The summed E-state index contributed by atoms with van der Waals surface area (Å²) in [4.78, 5) is 20.2. The van der Waals surface area contributed by atoms with Crippen LogP contribution in [0.15, 0.2) is 30.7 Å². The van der Waals surface area contributed by atoms with Crippen molar-refractivity contribution in [3.8, 4) is 5.75 Å². The molecule has 7 nitrogen and oxygen atoms in total. The van der Waals surface area contributed by atoms with Crippen molar-refractivity contribution < 1.29 is 27.4 Å². The van der Waals surface area contributed by atoms with Crippen LogP contribution in [0.2, 0.25) is 0 Å². The monoisotopic (exact) mass is 394 g/mol. The highest BCUT2D eigenvalue weighted by atomic mass is 19.4. The van der Waals surface area contributed by atoms with Crippen LogP contribution in [0.4, 0.5) is 13.2 Å². The number of hydrogen-bond acceptors (Lipinski definition) is 6. The number of aromatic nitrogens is 4. The quantitative estimate of drug-likeness (QED) is 0.597. The van der Waals surface area contributed by atoms with Gasteiger partial charge in [0, 0.05) is 12.4 Å². The lowest BCUT2D eigenvalue weighted by molar-refractivity contribution is -0.153. The van der Waals surface area contributed by atoms with Crippen molar-refractivity contribution >= 4 is 16.9 Å². The third-order valence-electron chi connectivity index (χ3n) is 3.78. The van der Waals surface area contributed by atoms with Gasteiger partial charge in [-0.3, -0.25) is 9.67 Å². The Morgan fingerprint density at radius 1 is 1.29 bits per heavy atom. The molecule has 28 heavy (non-hydrogen) atoms. The average molecular weight is 394 g/mol. The van der Waals surface area contributed by atoms with Gasteiger partial charge in [0.1, 0.15) is 5.75 Å². The summed E-state index contributed by atoms with van der Waals surface area (Å²) in [5.41, 5.74) is 1.85. The summed E-state index contributed by atoms with van der Waals surface area (Å²) in [5.74, 6) is -0.465. The van der Waals surface area contributed by atoms with Gasteiger partial charge in [0.15, 0.2) is 12.3 Å². The fourth-order valence-corrected chi connectivity index (χ4v) is 2.60. The summed E-state index contributed by atoms with van der Waals surface area (Å²) < 4.78 is 48.2. The molecule has 0 aliphatic heterocycles. The van der Waals surface area contributed by atoms with Crippen LogP contribution in [-0.2, 0) is 11.3 Å². The van der Waals surface area contributed by atoms with E-state index in [-0.39, 0.29) is 24.6 Å². The molecular weight excluding hydrogens is 377 g/mol. The van der Waals surface area contributed by atoms with Crippen molar-refractivity contribution in [2.24, 2.45) is 0 Å². The molecule has 0 atom stereocenters. The number of aryl methyl sites for hydroxylation is 1. The lowest BCUT2D eigenvalue weighted by Gasteiger charge is -2.11. The largest absolute Gasteiger partial charge is 0.482 e. The number of ether oxygens (including phenoxy) is 2. The summed E-state index contributed by atoms with van der Waals surface area (Å²) in [7, 11) is 0. The molecule has 0 N–H and O–H groups in total. The Bertz CT molecular complexity index is 1000. The molecule has 0 saturated heterocycles. The van der Waals surface area contributed by atoms with Crippen molar-refractivity contribution in [1.29, 1.82) is 0 Å². The molecule has 0 aliphatic carbocycles. The van der Waals surface area contributed by atoms with E-state index < -0.39 is 18.8 Å². The molecule has 0 bridgehead atoms. The van der Waals surface area contributed by atoms with Crippen LogP contribution < -0.4 is 4.74 Å². The third kappa shape index (κ3) is 4.56. The molecule has 0 aliphatic rings. The van der Waals surface area contributed by atoms with Crippen LogP contribution in [0, 0.1) is 6.92 Å². The summed E-state index contributed by atoms with van der Waals surface area (Å²) in [6.07, 6.45) is -0.0308. The number of fused-ring (bicyclic) bond motifs is 1.